The number of carbonyl (C=O) groups excluding carboxylic acids is 3. The summed E-state index contributed by atoms with van der Waals surface area (Å²) in [6, 6.07) is 12.2. The molecule has 3 aliphatic rings. The highest BCUT2D eigenvalue weighted by atomic mass is 32.2. The average molecular weight is 801 g/mol. The summed E-state index contributed by atoms with van der Waals surface area (Å²) in [5, 5.41) is 20.8. The van der Waals surface area contributed by atoms with E-state index >= 15 is 0 Å². The second kappa shape index (κ2) is 22.0. The smallest absolute Gasteiger partial charge is 0.410 e. The summed E-state index contributed by atoms with van der Waals surface area (Å²) in [5.41, 5.74) is 6.96. The second-order valence-corrected chi connectivity index (χ2v) is 15.8. The van der Waals surface area contributed by atoms with Gasteiger partial charge in [-0.2, -0.15) is 0 Å². The van der Waals surface area contributed by atoms with E-state index in [1.807, 2.05) is 37.4 Å². The number of nitrogens with zero attached hydrogens (tertiary/aromatic N) is 3. The van der Waals surface area contributed by atoms with E-state index in [-0.39, 0.29) is 30.6 Å². The van der Waals surface area contributed by atoms with Gasteiger partial charge in [-0.15, -0.1) is 6.58 Å². The van der Waals surface area contributed by atoms with Crippen molar-refractivity contribution in [3.8, 4) is 0 Å². The molecule has 1 saturated carbocycles. The first kappa shape index (κ1) is 45.6. The number of anilines is 1. The van der Waals surface area contributed by atoms with Crippen LogP contribution in [0.1, 0.15) is 76.8 Å². The van der Waals surface area contributed by atoms with Crippen molar-refractivity contribution in [1.82, 2.24) is 19.4 Å². The first-order valence-electron chi connectivity index (χ1n) is 18.9. The number of hydrogen-bond acceptors (Lipinski definition) is 9. The van der Waals surface area contributed by atoms with Crippen molar-refractivity contribution in [3.63, 3.8) is 0 Å². The van der Waals surface area contributed by atoms with Crippen LogP contribution in [-0.4, -0.2) is 99.8 Å². The molecule has 0 aromatic heterocycles. The number of carboxylic acid groups (broad SMARTS) is 2. The van der Waals surface area contributed by atoms with E-state index in [1.165, 1.54) is 27.8 Å². The van der Waals surface area contributed by atoms with Crippen molar-refractivity contribution in [2.45, 2.75) is 95.3 Å². The van der Waals surface area contributed by atoms with Gasteiger partial charge in [0.25, 0.3) is 0 Å². The number of amides is 4. The summed E-state index contributed by atoms with van der Waals surface area (Å²) in [6.45, 7) is 12.8. The Labute approximate surface area is 333 Å². The van der Waals surface area contributed by atoms with Crippen LogP contribution in [0.4, 0.5) is 19.7 Å². The molecule has 16 heteroatoms. The number of allylic oxidation sites excluding steroid dienone is 1. The molecule has 56 heavy (non-hydrogen) atoms. The minimum atomic E-state index is -1.00. The van der Waals surface area contributed by atoms with Crippen LogP contribution in [0.3, 0.4) is 0 Å². The number of benzene rings is 2. The number of fused-ring (bicyclic) bond motifs is 1. The van der Waals surface area contributed by atoms with Gasteiger partial charge in [0.15, 0.2) is 0 Å². The Balaban J connectivity index is 0.000000250. The number of para-hydroxylation sites is 1. The fourth-order valence-electron chi connectivity index (χ4n) is 6.12. The van der Waals surface area contributed by atoms with E-state index in [0.29, 0.717) is 37.4 Å². The van der Waals surface area contributed by atoms with Crippen LogP contribution < -0.4 is 15.8 Å². The third kappa shape index (κ3) is 15.4. The lowest BCUT2D eigenvalue weighted by atomic mass is 10.1. The molecule has 1 aliphatic carbocycles. The Morgan fingerprint density at radius 3 is 2.39 bits per heavy atom. The SMILES string of the molecule is C=C[C@@H]1CC1C(=O)NSc1ccccc1NCCCCN(C)CCCC(=O)O.CC(C)(C)OC(=O)N1CCCC1C(N)=O.O=C(O)N1Cc2cccc(F)c2C1. The number of halogens is 1. The van der Waals surface area contributed by atoms with Crippen molar-refractivity contribution in [1.29, 1.82) is 0 Å². The third-order valence-corrected chi connectivity index (χ3v) is 10.1. The lowest BCUT2D eigenvalue weighted by Gasteiger charge is -2.27. The monoisotopic (exact) mass is 800 g/mol. The molecule has 0 bridgehead atoms. The number of carbonyl (C=O) groups is 5. The van der Waals surface area contributed by atoms with E-state index in [4.69, 9.17) is 20.7 Å². The zero-order valence-electron chi connectivity index (χ0n) is 32.8. The Morgan fingerprint density at radius 1 is 1.05 bits per heavy atom. The number of unbranched alkanes of at least 4 members (excludes halogenated alkanes) is 1. The van der Waals surface area contributed by atoms with E-state index < -0.39 is 35.7 Å². The second-order valence-electron chi connectivity index (χ2n) is 15.0. The summed E-state index contributed by atoms with van der Waals surface area (Å²) < 4.78 is 21.2. The van der Waals surface area contributed by atoms with Crippen LogP contribution in [0.2, 0.25) is 0 Å². The maximum atomic E-state index is 13.1. The lowest BCUT2D eigenvalue weighted by molar-refractivity contribution is -0.137. The van der Waals surface area contributed by atoms with Gasteiger partial charge in [-0.1, -0.05) is 30.3 Å². The molecule has 1 saturated heterocycles. The number of nitrogens with two attached hydrogens (primary N) is 1. The number of nitrogens with one attached hydrogen (secondary N) is 2. The number of aliphatic carboxylic acids is 1. The quantitative estimate of drug-likeness (QED) is 0.0770. The highest BCUT2D eigenvalue weighted by Gasteiger charge is 2.40. The van der Waals surface area contributed by atoms with Gasteiger partial charge in [0, 0.05) is 43.2 Å². The van der Waals surface area contributed by atoms with Crippen LogP contribution in [0.5, 0.6) is 0 Å². The van der Waals surface area contributed by atoms with Gasteiger partial charge in [-0.25, -0.2) is 14.0 Å². The first-order valence-corrected chi connectivity index (χ1v) is 19.7. The Hall–Kier alpha value is -4.83. The minimum absolute atomic E-state index is 0.0793. The largest absolute Gasteiger partial charge is 0.481 e. The molecular formula is C40H57FN6O8S. The van der Waals surface area contributed by atoms with Crippen molar-refractivity contribution in [3.05, 3.63) is 72.1 Å². The highest BCUT2D eigenvalue weighted by molar-refractivity contribution is 7.98. The number of hydrogen-bond donors (Lipinski definition) is 5. The molecule has 308 valence electrons. The van der Waals surface area contributed by atoms with Gasteiger partial charge < -0.3 is 30.9 Å². The predicted molar refractivity (Wildman–Crippen MR) is 213 cm³/mol. The van der Waals surface area contributed by atoms with Crippen molar-refractivity contribution in [2.24, 2.45) is 17.6 Å². The summed E-state index contributed by atoms with van der Waals surface area (Å²) in [4.78, 5) is 61.7. The average Bonchev–Trinajstić information content (AvgIpc) is 3.50. The number of primary amides is 1. The third-order valence-electron chi connectivity index (χ3n) is 9.25. The van der Waals surface area contributed by atoms with E-state index in [2.05, 4.69) is 21.5 Å². The molecule has 0 spiro atoms. The summed E-state index contributed by atoms with van der Waals surface area (Å²) in [6.07, 6.45) is 5.72. The molecule has 2 aromatic carbocycles. The van der Waals surface area contributed by atoms with Gasteiger partial charge >= 0.3 is 18.2 Å². The van der Waals surface area contributed by atoms with Crippen LogP contribution in [0.25, 0.3) is 0 Å². The Bertz CT molecular complexity index is 1670. The Kier molecular flexibility index (Phi) is 17.9. The topological polar surface area (TPSA) is 195 Å². The number of rotatable bonds is 15. The van der Waals surface area contributed by atoms with E-state index in [9.17, 15) is 28.4 Å². The summed E-state index contributed by atoms with van der Waals surface area (Å²) in [7, 11) is 2.03. The molecule has 6 N–H and O–H groups in total. The van der Waals surface area contributed by atoms with E-state index in [1.54, 1.807) is 32.9 Å². The minimum Gasteiger partial charge on any atom is -0.481 e. The number of ether oxygens (including phenoxy) is 1. The predicted octanol–water partition coefficient (Wildman–Crippen LogP) is 6.31. The molecule has 0 radical (unpaired) electrons. The molecule has 2 unspecified atom stereocenters. The van der Waals surface area contributed by atoms with Gasteiger partial charge in [-0.3, -0.25) is 28.9 Å². The normalized spacial score (nSPS) is 18.1. The number of carboxylic acids is 1. The van der Waals surface area contributed by atoms with Crippen LogP contribution in [0.15, 0.2) is 60.0 Å². The lowest BCUT2D eigenvalue weighted by Crippen LogP contribution is -2.45. The maximum absolute atomic E-state index is 13.1. The maximum Gasteiger partial charge on any atom is 0.410 e. The molecule has 4 amide bonds. The fourth-order valence-corrected chi connectivity index (χ4v) is 6.88. The molecular weight excluding hydrogens is 744 g/mol. The summed E-state index contributed by atoms with van der Waals surface area (Å²) in [5.74, 6) is -1.02. The zero-order valence-corrected chi connectivity index (χ0v) is 33.6. The van der Waals surface area contributed by atoms with Gasteiger partial charge in [0.1, 0.15) is 17.5 Å². The van der Waals surface area contributed by atoms with Crippen molar-refractivity contribution >= 4 is 47.6 Å². The molecule has 3 atom stereocenters. The Morgan fingerprint density at radius 2 is 1.77 bits per heavy atom. The molecule has 2 aliphatic heterocycles. The van der Waals surface area contributed by atoms with Crippen LogP contribution in [0, 0.1) is 17.7 Å². The molecule has 2 aromatic rings. The standard InChI is InChI=1S/C21H31N3O3S.C10H18N2O3.C9H8FNO2/c1-3-16-15-17(16)21(27)23-28-19-10-5-4-9-18(19)22-12-6-7-13-24(2)14-8-11-20(25)26;1-10(2,3)15-9(14)12-6-4-5-7(12)8(11)13;10-8-3-1-2-6-4-11(9(12)13)5-7(6)8/h3-5,9-10,16-17,22H,1,6-8,11-15H2,2H3,(H,23,27)(H,25,26);7H,4-6H2,1-3H3,(H2,11,13);1-3H,4-5H2,(H,12,13)/t16-,17?;;/m1../s1. The zero-order chi connectivity index (χ0) is 41.4. The molecule has 5 rings (SSSR count). The van der Waals surface area contributed by atoms with Gasteiger partial charge in [-0.05, 0) is 121 Å². The van der Waals surface area contributed by atoms with Crippen molar-refractivity contribution in [2.75, 3.05) is 38.5 Å². The van der Waals surface area contributed by atoms with E-state index in [0.717, 1.165) is 61.5 Å². The number of likely N-dealkylation sites (tertiary alicyclic amines) is 1. The van der Waals surface area contributed by atoms with Gasteiger partial charge in [0.2, 0.25) is 11.8 Å². The highest BCUT2D eigenvalue weighted by Crippen LogP contribution is 2.40. The van der Waals surface area contributed by atoms with Crippen molar-refractivity contribution < 1.29 is 43.3 Å². The fraction of sp³-hybridized carbons (Fsp3) is 0.525. The summed E-state index contributed by atoms with van der Waals surface area (Å²) >= 11 is 1.36. The van der Waals surface area contributed by atoms with Crippen LogP contribution >= 0.6 is 11.9 Å². The molecule has 14 nitrogen and oxygen atoms in total. The molecule has 2 heterocycles. The first-order chi connectivity index (χ1) is 26.5. The molecule has 2 fully saturated rings. The van der Waals surface area contributed by atoms with Gasteiger partial charge in [0.05, 0.1) is 11.4 Å². The van der Waals surface area contributed by atoms with Crippen LogP contribution in [-0.2, 0) is 32.2 Å².